The molecule has 0 N–H and O–H groups in total. The standard InChI is InChI=1S/C15H24O/c1-4-6-11-16-15-9-7-14(8-10-15)12-13(3)5-2/h7-10,13H,4-6,11-12H2,1-3H3/t13-/m1/s1. The summed E-state index contributed by atoms with van der Waals surface area (Å²) in [7, 11) is 0. The molecule has 0 aromatic heterocycles. The van der Waals surface area contributed by atoms with Gasteiger partial charge in [0.25, 0.3) is 0 Å². The average Bonchev–Trinajstić information content (AvgIpc) is 2.31. The summed E-state index contributed by atoms with van der Waals surface area (Å²) in [5.41, 5.74) is 1.41. The number of hydrogen-bond donors (Lipinski definition) is 0. The molecular weight excluding hydrogens is 196 g/mol. The van der Waals surface area contributed by atoms with Crippen LogP contribution in [0.3, 0.4) is 0 Å². The van der Waals surface area contributed by atoms with Gasteiger partial charge in [0.1, 0.15) is 5.75 Å². The quantitative estimate of drug-likeness (QED) is 0.617. The van der Waals surface area contributed by atoms with Crippen LogP contribution in [-0.4, -0.2) is 6.61 Å². The summed E-state index contributed by atoms with van der Waals surface area (Å²) in [5, 5.41) is 0. The molecule has 0 radical (unpaired) electrons. The molecule has 0 unspecified atom stereocenters. The van der Waals surface area contributed by atoms with Crippen LogP contribution in [0.15, 0.2) is 24.3 Å². The minimum atomic E-state index is 0.770. The monoisotopic (exact) mass is 220 g/mol. The highest BCUT2D eigenvalue weighted by molar-refractivity contribution is 5.27. The number of unbranched alkanes of at least 4 members (excludes halogenated alkanes) is 1. The van der Waals surface area contributed by atoms with Gasteiger partial charge in [0.2, 0.25) is 0 Å². The Bertz CT molecular complexity index is 276. The van der Waals surface area contributed by atoms with Crippen LogP contribution in [0.5, 0.6) is 5.75 Å². The van der Waals surface area contributed by atoms with Crippen molar-refractivity contribution in [2.45, 2.75) is 46.5 Å². The van der Waals surface area contributed by atoms with E-state index in [1.54, 1.807) is 0 Å². The lowest BCUT2D eigenvalue weighted by atomic mass is 9.99. The van der Waals surface area contributed by atoms with Crippen molar-refractivity contribution >= 4 is 0 Å². The van der Waals surface area contributed by atoms with Crippen molar-refractivity contribution in [1.29, 1.82) is 0 Å². The van der Waals surface area contributed by atoms with Crippen molar-refractivity contribution < 1.29 is 4.74 Å². The Morgan fingerprint density at radius 2 is 1.81 bits per heavy atom. The Balaban J connectivity index is 2.41. The lowest BCUT2D eigenvalue weighted by Gasteiger charge is -2.09. The molecule has 0 aliphatic carbocycles. The molecule has 0 heterocycles. The first-order valence-electron chi connectivity index (χ1n) is 6.48. The SMILES string of the molecule is CCCCOc1ccc(C[C@H](C)CC)cc1. The van der Waals surface area contributed by atoms with Gasteiger partial charge in [-0.3, -0.25) is 0 Å². The maximum atomic E-state index is 5.63. The van der Waals surface area contributed by atoms with Crippen molar-refractivity contribution in [3.63, 3.8) is 0 Å². The van der Waals surface area contributed by atoms with Gasteiger partial charge in [-0.1, -0.05) is 45.7 Å². The van der Waals surface area contributed by atoms with E-state index in [0.29, 0.717) is 0 Å². The normalized spacial score (nSPS) is 12.4. The van der Waals surface area contributed by atoms with Crippen molar-refractivity contribution in [3.05, 3.63) is 29.8 Å². The molecule has 0 aliphatic heterocycles. The van der Waals surface area contributed by atoms with Crippen LogP contribution in [0.1, 0.15) is 45.6 Å². The fourth-order valence-corrected chi connectivity index (χ4v) is 1.60. The summed E-state index contributed by atoms with van der Waals surface area (Å²) in [4.78, 5) is 0. The van der Waals surface area contributed by atoms with E-state index in [4.69, 9.17) is 4.74 Å². The summed E-state index contributed by atoms with van der Waals surface area (Å²) in [5.74, 6) is 1.77. The van der Waals surface area contributed by atoms with Crippen LogP contribution in [-0.2, 0) is 6.42 Å². The lowest BCUT2D eigenvalue weighted by Crippen LogP contribution is -1.99. The second-order valence-corrected chi connectivity index (χ2v) is 4.56. The maximum absolute atomic E-state index is 5.63. The molecule has 0 saturated heterocycles. The molecule has 1 nitrogen and oxygen atoms in total. The molecule has 1 heteroatoms. The van der Waals surface area contributed by atoms with Crippen molar-refractivity contribution in [2.75, 3.05) is 6.61 Å². The molecule has 0 aliphatic rings. The van der Waals surface area contributed by atoms with Gasteiger partial charge in [-0.05, 0) is 36.5 Å². The van der Waals surface area contributed by atoms with Crippen LogP contribution in [0.2, 0.25) is 0 Å². The Morgan fingerprint density at radius 1 is 1.12 bits per heavy atom. The fraction of sp³-hybridized carbons (Fsp3) is 0.600. The molecule has 1 aromatic carbocycles. The second-order valence-electron chi connectivity index (χ2n) is 4.56. The topological polar surface area (TPSA) is 9.23 Å². The predicted molar refractivity (Wildman–Crippen MR) is 70.0 cm³/mol. The Labute approximate surface area is 99.8 Å². The summed E-state index contributed by atoms with van der Waals surface area (Å²) >= 11 is 0. The number of ether oxygens (including phenoxy) is 1. The largest absolute Gasteiger partial charge is 0.494 e. The lowest BCUT2D eigenvalue weighted by molar-refractivity contribution is 0.309. The minimum Gasteiger partial charge on any atom is -0.494 e. The van der Waals surface area contributed by atoms with Crippen molar-refractivity contribution in [3.8, 4) is 5.75 Å². The van der Waals surface area contributed by atoms with Crippen LogP contribution in [0.4, 0.5) is 0 Å². The van der Waals surface area contributed by atoms with E-state index in [9.17, 15) is 0 Å². The van der Waals surface area contributed by atoms with Crippen molar-refractivity contribution in [1.82, 2.24) is 0 Å². The minimum absolute atomic E-state index is 0.770. The Hall–Kier alpha value is -0.980. The molecule has 0 fully saturated rings. The zero-order valence-electron chi connectivity index (χ0n) is 10.8. The van der Waals surface area contributed by atoms with E-state index in [-0.39, 0.29) is 0 Å². The van der Waals surface area contributed by atoms with E-state index >= 15 is 0 Å². The Morgan fingerprint density at radius 3 is 2.38 bits per heavy atom. The molecular formula is C15H24O. The van der Waals surface area contributed by atoms with Gasteiger partial charge in [-0.15, -0.1) is 0 Å². The van der Waals surface area contributed by atoms with E-state index in [2.05, 4.69) is 45.0 Å². The third-order valence-electron chi connectivity index (χ3n) is 2.97. The molecule has 0 bridgehead atoms. The van der Waals surface area contributed by atoms with Crippen LogP contribution >= 0.6 is 0 Å². The van der Waals surface area contributed by atoms with Gasteiger partial charge < -0.3 is 4.74 Å². The van der Waals surface area contributed by atoms with Gasteiger partial charge in [0, 0.05) is 0 Å². The van der Waals surface area contributed by atoms with E-state index < -0.39 is 0 Å². The van der Waals surface area contributed by atoms with Crippen molar-refractivity contribution in [2.24, 2.45) is 5.92 Å². The maximum Gasteiger partial charge on any atom is 0.119 e. The fourth-order valence-electron chi connectivity index (χ4n) is 1.60. The highest BCUT2D eigenvalue weighted by atomic mass is 16.5. The third kappa shape index (κ3) is 4.69. The van der Waals surface area contributed by atoms with Gasteiger partial charge in [-0.2, -0.15) is 0 Å². The van der Waals surface area contributed by atoms with E-state index in [1.807, 2.05) is 0 Å². The smallest absolute Gasteiger partial charge is 0.119 e. The highest BCUT2D eigenvalue weighted by Gasteiger charge is 2.01. The van der Waals surface area contributed by atoms with Gasteiger partial charge in [0.05, 0.1) is 6.61 Å². The molecule has 0 spiro atoms. The van der Waals surface area contributed by atoms with Crippen LogP contribution in [0, 0.1) is 5.92 Å². The number of benzene rings is 1. The zero-order valence-corrected chi connectivity index (χ0v) is 10.8. The molecule has 90 valence electrons. The van der Waals surface area contributed by atoms with E-state index in [0.717, 1.165) is 24.7 Å². The first-order valence-corrected chi connectivity index (χ1v) is 6.48. The second kappa shape index (κ2) is 7.32. The summed E-state index contributed by atoms with van der Waals surface area (Å²) in [6.07, 6.45) is 4.74. The van der Waals surface area contributed by atoms with Crippen LogP contribution in [0.25, 0.3) is 0 Å². The molecule has 16 heavy (non-hydrogen) atoms. The summed E-state index contributed by atoms with van der Waals surface area (Å²) in [6.45, 7) is 7.55. The first kappa shape index (κ1) is 13.1. The first-order chi connectivity index (χ1) is 7.76. The van der Waals surface area contributed by atoms with E-state index in [1.165, 1.54) is 24.8 Å². The molecule has 1 aromatic rings. The summed E-state index contributed by atoms with van der Waals surface area (Å²) in [6, 6.07) is 8.56. The number of hydrogen-bond acceptors (Lipinski definition) is 1. The molecule has 0 amide bonds. The molecule has 1 rings (SSSR count). The molecule has 0 saturated carbocycles. The highest BCUT2D eigenvalue weighted by Crippen LogP contribution is 2.16. The summed E-state index contributed by atoms with van der Waals surface area (Å²) < 4.78 is 5.63. The van der Waals surface area contributed by atoms with Gasteiger partial charge in [0.15, 0.2) is 0 Å². The van der Waals surface area contributed by atoms with Gasteiger partial charge in [-0.25, -0.2) is 0 Å². The van der Waals surface area contributed by atoms with Gasteiger partial charge >= 0.3 is 0 Å². The molecule has 1 atom stereocenters. The average molecular weight is 220 g/mol. The van der Waals surface area contributed by atoms with Crippen LogP contribution < -0.4 is 4.74 Å². The predicted octanol–water partition coefficient (Wildman–Crippen LogP) is 4.45. The zero-order chi connectivity index (χ0) is 11.8. The Kier molecular flexibility index (Phi) is 5.99. The third-order valence-corrected chi connectivity index (χ3v) is 2.97. The number of rotatable bonds is 7.